The van der Waals surface area contributed by atoms with Crippen molar-refractivity contribution in [2.24, 2.45) is 5.92 Å². The van der Waals surface area contributed by atoms with Gasteiger partial charge in [-0.05, 0) is 38.8 Å². The molecule has 6 nitrogen and oxygen atoms in total. The fourth-order valence-electron chi connectivity index (χ4n) is 3.47. The number of ether oxygens (including phenoxy) is 1. The van der Waals surface area contributed by atoms with Gasteiger partial charge in [0.2, 0.25) is 15.9 Å². The second kappa shape index (κ2) is 6.46. The van der Waals surface area contributed by atoms with Gasteiger partial charge in [0, 0.05) is 19.1 Å². The molecule has 0 spiro atoms. The zero-order valence-corrected chi connectivity index (χ0v) is 15.0. The maximum atomic E-state index is 13.0. The average Bonchev–Trinajstić information content (AvgIpc) is 2.81. The Bertz CT molecular complexity index is 732. The van der Waals surface area contributed by atoms with Crippen LogP contribution in [0.25, 0.3) is 0 Å². The number of hydrogen-bond acceptors (Lipinski definition) is 4. The Kier molecular flexibility index (Phi) is 4.68. The lowest BCUT2D eigenvalue weighted by Gasteiger charge is -2.32. The molecule has 2 saturated heterocycles. The maximum absolute atomic E-state index is 13.0. The predicted octanol–water partition coefficient (Wildman–Crippen LogP) is 1.30. The second-order valence-electron chi connectivity index (χ2n) is 6.89. The summed E-state index contributed by atoms with van der Waals surface area (Å²) in [5.74, 6) is -0.331. The molecule has 3 atom stereocenters. The normalized spacial score (nSPS) is 27.4. The van der Waals surface area contributed by atoms with E-state index in [1.807, 2.05) is 19.9 Å². The molecule has 2 aliphatic rings. The van der Waals surface area contributed by atoms with Crippen LogP contribution in [0.4, 0.5) is 0 Å². The van der Waals surface area contributed by atoms with Crippen LogP contribution in [0.1, 0.15) is 25.8 Å². The van der Waals surface area contributed by atoms with Crippen LogP contribution in [0.15, 0.2) is 29.2 Å². The van der Waals surface area contributed by atoms with E-state index < -0.39 is 10.0 Å². The lowest BCUT2D eigenvalue weighted by molar-refractivity contribution is -0.127. The molecule has 1 amide bonds. The minimum absolute atomic E-state index is 0.0485. The van der Waals surface area contributed by atoms with Crippen molar-refractivity contribution in [1.29, 1.82) is 0 Å². The third-order valence-corrected chi connectivity index (χ3v) is 6.59. The van der Waals surface area contributed by atoms with E-state index >= 15 is 0 Å². The third-order valence-electron chi connectivity index (χ3n) is 4.60. The molecule has 0 aromatic heterocycles. The summed E-state index contributed by atoms with van der Waals surface area (Å²) in [5.41, 5.74) is 0.727. The molecule has 2 aliphatic heterocycles. The van der Waals surface area contributed by atoms with E-state index in [4.69, 9.17) is 4.74 Å². The average molecular weight is 352 g/mol. The van der Waals surface area contributed by atoms with Gasteiger partial charge in [-0.15, -0.1) is 0 Å². The topological polar surface area (TPSA) is 75.7 Å². The molecule has 1 aromatic carbocycles. The molecular weight excluding hydrogens is 328 g/mol. The number of benzene rings is 1. The quantitative estimate of drug-likeness (QED) is 0.886. The van der Waals surface area contributed by atoms with Gasteiger partial charge in [-0.25, -0.2) is 8.42 Å². The fourth-order valence-corrected chi connectivity index (χ4v) is 5.18. The molecule has 1 aromatic rings. The Hall–Kier alpha value is -1.44. The number of fused-ring (bicyclic) bond motifs is 2. The number of sulfonamides is 1. The van der Waals surface area contributed by atoms with Crippen LogP contribution in [0, 0.1) is 12.8 Å². The highest BCUT2D eigenvalue weighted by atomic mass is 32.2. The van der Waals surface area contributed by atoms with Gasteiger partial charge in [-0.2, -0.15) is 4.31 Å². The number of nitrogens with one attached hydrogen (secondary N) is 1. The first-order valence-electron chi connectivity index (χ1n) is 8.30. The number of nitrogens with zero attached hydrogens (tertiary/aromatic N) is 1. The zero-order valence-electron chi connectivity index (χ0n) is 14.2. The van der Waals surface area contributed by atoms with Gasteiger partial charge in [0.25, 0.3) is 0 Å². The van der Waals surface area contributed by atoms with Gasteiger partial charge >= 0.3 is 0 Å². The van der Waals surface area contributed by atoms with Gasteiger partial charge in [0.15, 0.2) is 0 Å². The zero-order chi connectivity index (χ0) is 17.5. The summed E-state index contributed by atoms with van der Waals surface area (Å²) in [5, 5.41) is 2.90. The highest BCUT2D eigenvalue weighted by Gasteiger charge is 2.47. The Morgan fingerprint density at radius 3 is 2.67 bits per heavy atom. The van der Waals surface area contributed by atoms with Crippen molar-refractivity contribution in [1.82, 2.24) is 9.62 Å². The first-order valence-corrected chi connectivity index (χ1v) is 9.74. The van der Waals surface area contributed by atoms with Crippen molar-refractivity contribution in [3.63, 3.8) is 0 Å². The van der Waals surface area contributed by atoms with E-state index in [1.54, 1.807) is 25.1 Å². The van der Waals surface area contributed by atoms with Crippen LogP contribution in [0.2, 0.25) is 0 Å². The van der Waals surface area contributed by atoms with Gasteiger partial charge in [-0.3, -0.25) is 4.79 Å². The SMILES string of the molecule is Cc1ccccc1S(=O)(=O)N1C[C@H]2C[C@H](C(=O)NC(C)C)[C@@H](C1)O2. The fraction of sp³-hybridized carbons (Fsp3) is 0.588. The van der Waals surface area contributed by atoms with Crippen molar-refractivity contribution in [3.8, 4) is 0 Å². The summed E-state index contributed by atoms with van der Waals surface area (Å²) in [6.45, 7) is 6.15. The van der Waals surface area contributed by atoms with Crippen molar-refractivity contribution >= 4 is 15.9 Å². The molecule has 2 fully saturated rings. The van der Waals surface area contributed by atoms with Crippen LogP contribution in [-0.4, -0.2) is 50.0 Å². The predicted molar refractivity (Wildman–Crippen MR) is 90.0 cm³/mol. The van der Waals surface area contributed by atoms with Gasteiger partial charge in [0.1, 0.15) is 0 Å². The van der Waals surface area contributed by atoms with Crippen LogP contribution in [0.3, 0.4) is 0 Å². The standard InChI is InChI=1S/C17H24N2O4S/c1-11(2)18-17(20)14-8-13-9-19(10-15(14)23-13)24(21,22)16-7-5-4-6-12(16)3/h4-7,11,13-15H,8-10H2,1-3H3,(H,18,20)/t13-,14+,15-/m1/s1. The lowest BCUT2D eigenvalue weighted by atomic mass is 9.99. The minimum atomic E-state index is -3.57. The molecule has 0 unspecified atom stereocenters. The molecule has 24 heavy (non-hydrogen) atoms. The Labute approximate surface area is 143 Å². The molecule has 0 saturated carbocycles. The molecular formula is C17H24N2O4S. The minimum Gasteiger partial charge on any atom is -0.371 e. The largest absolute Gasteiger partial charge is 0.371 e. The molecule has 3 rings (SSSR count). The molecule has 2 heterocycles. The summed E-state index contributed by atoms with van der Waals surface area (Å²) in [4.78, 5) is 12.6. The number of carbonyl (C=O) groups is 1. The van der Waals surface area contributed by atoms with E-state index in [-0.39, 0.29) is 36.6 Å². The monoisotopic (exact) mass is 352 g/mol. The number of rotatable bonds is 4. The van der Waals surface area contributed by atoms with Crippen LogP contribution >= 0.6 is 0 Å². The number of hydrogen-bond donors (Lipinski definition) is 1. The van der Waals surface area contributed by atoms with E-state index in [0.717, 1.165) is 5.56 Å². The van der Waals surface area contributed by atoms with Crippen LogP contribution in [0.5, 0.6) is 0 Å². The molecule has 7 heteroatoms. The molecule has 132 valence electrons. The molecule has 0 radical (unpaired) electrons. The Morgan fingerprint density at radius 1 is 1.29 bits per heavy atom. The summed E-state index contributed by atoms with van der Waals surface area (Å²) in [7, 11) is -3.57. The van der Waals surface area contributed by atoms with Gasteiger partial charge in [0.05, 0.1) is 23.0 Å². The van der Waals surface area contributed by atoms with E-state index in [9.17, 15) is 13.2 Å². The third kappa shape index (κ3) is 3.20. The summed E-state index contributed by atoms with van der Waals surface area (Å²) >= 11 is 0. The van der Waals surface area contributed by atoms with Crippen LogP contribution < -0.4 is 5.32 Å². The lowest BCUT2D eigenvalue weighted by Crippen LogP contribution is -2.48. The maximum Gasteiger partial charge on any atom is 0.243 e. The summed E-state index contributed by atoms with van der Waals surface area (Å²) in [6.07, 6.45) is -0.0185. The first-order chi connectivity index (χ1) is 11.3. The number of carbonyl (C=O) groups excluding carboxylic acids is 1. The molecule has 1 N–H and O–H groups in total. The van der Waals surface area contributed by atoms with Crippen LogP contribution in [-0.2, 0) is 19.6 Å². The number of amides is 1. The first kappa shape index (κ1) is 17.4. The van der Waals surface area contributed by atoms with Gasteiger partial charge < -0.3 is 10.1 Å². The number of morpholine rings is 1. The van der Waals surface area contributed by atoms with E-state index in [1.165, 1.54) is 4.31 Å². The molecule has 2 bridgehead atoms. The van der Waals surface area contributed by atoms with Crippen molar-refractivity contribution in [3.05, 3.63) is 29.8 Å². The second-order valence-corrected chi connectivity index (χ2v) is 8.80. The van der Waals surface area contributed by atoms with E-state index in [2.05, 4.69) is 5.32 Å². The smallest absolute Gasteiger partial charge is 0.243 e. The highest BCUT2D eigenvalue weighted by Crippen LogP contribution is 2.34. The van der Waals surface area contributed by atoms with Crippen molar-refractivity contribution < 1.29 is 17.9 Å². The molecule has 0 aliphatic carbocycles. The summed E-state index contributed by atoms with van der Waals surface area (Å²) < 4.78 is 33.2. The number of aryl methyl sites for hydroxylation is 1. The Balaban J connectivity index is 1.80. The Morgan fingerprint density at radius 2 is 2.00 bits per heavy atom. The highest BCUT2D eigenvalue weighted by molar-refractivity contribution is 7.89. The van der Waals surface area contributed by atoms with Crippen molar-refractivity contribution in [2.45, 2.75) is 50.3 Å². The van der Waals surface area contributed by atoms with E-state index in [0.29, 0.717) is 17.9 Å². The summed E-state index contributed by atoms with van der Waals surface area (Å²) in [6, 6.07) is 7.04. The van der Waals surface area contributed by atoms with Crippen molar-refractivity contribution in [2.75, 3.05) is 13.1 Å². The van der Waals surface area contributed by atoms with Gasteiger partial charge in [-0.1, -0.05) is 18.2 Å².